The number of methoxy groups -OCH3 is 2. The van der Waals surface area contributed by atoms with Crippen LogP contribution in [0.3, 0.4) is 0 Å². The molecule has 1 aromatic rings. The highest BCUT2D eigenvalue weighted by Gasteiger charge is 2.22. The molecule has 0 bridgehead atoms. The first-order valence-corrected chi connectivity index (χ1v) is 6.35. The Labute approximate surface area is 107 Å². The maximum Gasteiger partial charge on any atom is 0.137 e. The summed E-state index contributed by atoms with van der Waals surface area (Å²) >= 11 is 0. The first-order valence-electron chi connectivity index (χ1n) is 6.35. The molecule has 1 aliphatic rings. The Balaban J connectivity index is 2.33. The van der Waals surface area contributed by atoms with Crippen molar-refractivity contribution in [3.05, 3.63) is 29.1 Å². The van der Waals surface area contributed by atoms with Crippen LogP contribution in [0.15, 0.2) is 12.1 Å². The number of hydrogen-bond acceptors (Lipinski definition) is 3. The molecule has 0 saturated carbocycles. The molecule has 1 aromatic carbocycles. The van der Waals surface area contributed by atoms with Crippen molar-refractivity contribution in [2.45, 2.75) is 31.9 Å². The second-order valence-corrected chi connectivity index (χ2v) is 4.59. The van der Waals surface area contributed by atoms with E-state index in [1.165, 1.54) is 6.42 Å². The van der Waals surface area contributed by atoms with Crippen LogP contribution in [0.4, 0.5) is 4.39 Å². The molecule has 0 radical (unpaired) electrons. The first-order chi connectivity index (χ1) is 8.77. The van der Waals surface area contributed by atoms with Gasteiger partial charge in [0.2, 0.25) is 0 Å². The summed E-state index contributed by atoms with van der Waals surface area (Å²) in [6, 6.07) is 3.75. The topological polar surface area (TPSA) is 30.5 Å². The van der Waals surface area contributed by atoms with Gasteiger partial charge < -0.3 is 14.8 Å². The fourth-order valence-electron chi connectivity index (χ4n) is 2.48. The lowest BCUT2D eigenvalue weighted by Gasteiger charge is -2.25. The quantitative estimate of drug-likeness (QED) is 0.895. The Morgan fingerprint density at radius 3 is 2.78 bits per heavy atom. The van der Waals surface area contributed by atoms with E-state index in [9.17, 15) is 4.39 Å². The van der Waals surface area contributed by atoms with Crippen LogP contribution in [0.1, 0.15) is 36.4 Å². The van der Waals surface area contributed by atoms with Gasteiger partial charge in [0.05, 0.1) is 19.3 Å². The van der Waals surface area contributed by atoms with Crippen LogP contribution in [0.5, 0.6) is 5.75 Å². The van der Waals surface area contributed by atoms with Crippen molar-refractivity contribution in [3.63, 3.8) is 0 Å². The third-order valence-electron chi connectivity index (χ3n) is 3.42. The van der Waals surface area contributed by atoms with Gasteiger partial charge in [-0.2, -0.15) is 0 Å². The summed E-state index contributed by atoms with van der Waals surface area (Å²) in [5, 5.41) is 3.36. The van der Waals surface area contributed by atoms with Gasteiger partial charge in [-0.25, -0.2) is 4.39 Å². The van der Waals surface area contributed by atoms with Crippen LogP contribution in [0, 0.1) is 5.82 Å². The SMILES string of the molecule is COCc1c(OC)ccc(C2CCCCN2)c1F. The summed E-state index contributed by atoms with van der Waals surface area (Å²) in [6.07, 6.45) is 3.29. The third kappa shape index (κ3) is 2.65. The smallest absolute Gasteiger partial charge is 0.137 e. The van der Waals surface area contributed by atoms with Gasteiger partial charge in [-0.1, -0.05) is 12.5 Å². The van der Waals surface area contributed by atoms with Gasteiger partial charge in [-0.05, 0) is 25.5 Å². The molecule has 2 rings (SSSR count). The van der Waals surface area contributed by atoms with Crippen LogP contribution in [-0.4, -0.2) is 20.8 Å². The van der Waals surface area contributed by atoms with E-state index in [-0.39, 0.29) is 18.5 Å². The summed E-state index contributed by atoms with van der Waals surface area (Å²) < 4.78 is 24.7. The van der Waals surface area contributed by atoms with Crippen molar-refractivity contribution in [2.24, 2.45) is 0 Å². The van der Waals surface area contributed by atoms with Crippen molar-refractivity contribution in [1.82, 2.24) is 5.32 Å². The molecular weight excluding hydrogens is 233 g/mol. The second kappa shape index (κ2) is 6.16. The molecule has 1 heterocycles. The maximum absolute atomic E-state index is 14.5. The minimum atomic E-state index is -0.199. The third-order valence-corrected chi connectivity index (χ3v) is 3.42. The molecule has 0 aliphatic carbocycles. The molecule has 1 fully saturated rings. The van der Waals surface area contributed by atoms with Crippen LogP contribution in [-0.2, 0) is 11.3 Å². The minimum Gasteiger partial charge on any atom is -0.496 e. The summed E-state index contributed by atoms with van der Waals surface area (Å²) in [4.78, 5) is 0. The average molecular weight is 253 g/mol. The van der Waals surface area contributed by atoms with Crippen LogP contribution >= 0.6 is 0 Å². The highest BCUT2D eigenvalue weighted by Crippen LogP contribution is 2.31. The number of halogens is 1. The van der Waals surface area contributed by atoms with E-state index in [1.54, 1.807) is 14.2 Å². The first kappa shape index (κ1) is 13.3. The van der Waals surface area contributed by atoms with Crippen molar-refractivity contribution in [3.8, 4) is 5.75 Å². The van der Waals surface area contributed by atoms with E-state index < -0.39 is 0 Å². The van der Waals surface area contributed by atoms with Gasteiger partial charge in [0, 0.05) is 18.7 Å². The monoisotopic (exact) mass is 253 g/mol. The molecule has 1 saturated heterocycles. The molecule has 1 atom stereocenters. The Morgan fingerprint density at radius 1 is 1.33 bits per heavy atom. The summed E-state index contributed by atoms with van der Waals surface area (Å²) in [5.41, 5.74) is 1.23. The Kier molecular flexibility index (Phi) is 4.55. The zero-order valence-electron chi connectivity index (χ0n) is 11.0. The summed E-state index contributed by atoms with van der Waals surface area (Å²) in [7, 11) is 3.11. The lowest BCUT2D eigenvalue weighted by Crippen LogP contribution is -2.27. The van der Waals surface area contributed by atoms with Gasteiger partial charge in [0.25, 0.3) is 0 Å². The molecule has 0 aromatic heterocycles. The summed E-state index contributed by atoms with van der Waals surface area (Å²) in [5.74, 6) is 0.351. The van der Waals surface area contributed by atoms with E-state index in [1.807, 2.05) is 12.1 Å². The predicted molar refractivity (Wildman–Crippen MR) is 68.3 cm³/mol. The van der Waals surface area contributed by atoms with E-state index in [0.717, 1.165) is 24.9 Å². The molecule has 1 N–H and O–H groups in total. The highest BCUT2D eigenvalue weighted by atomic mass is 19.1. The molecule has 1 unspecified atom stereocenters. The number of hydrogen-bond donors (Lipinski definition) is 1. The normalized spacial score (nSPS) is 19.8. The number of piperidine rings is 1. The highest BCUT2D eigenvalue weighted by molar-refractivity contribution is 5.40. The Morgan fingerprint density at radius 2 is 2.17 bits per heavy atom. The van der Waals surface area contributed by atoms with Crippen LogP contribution in [0.2, 0.25) is 0 Å². The maximum atomic E-state index is 14.5. The second-order valence-electron chi connectivity index (χ2n) is 4.59. The Hall–Kier alpha value is -1.13. The van der Waals surface area contributed by atoms with Gasteiger partial charge >= 0.3 is 0 Å². The van der Waals surface area contributed by atoms with E-state index in [4.69, 9.17) is 9.47 Å². The lowest BCUT2D eigenvalue weighted by atomic mass is 9.95. The summed E-state index contributed by atoms with van der Waals surface area (Å²) in [6.45, 7) is 1.19. The molecule has 1 aliphatic heterocycles. The van der Waals surface area contributed by atoms with Crippen LogP contribution < -0.4 is 10.1 Å². The van der Waals surface area contributed by atoms with Gasteiger partial charge in [-0.15, -0.1) is 0 Å². The van der Waals surface area contributed by atoms with Gasteiger partial charge in [-0.3, -0.25) is 0 Å². The molecule has 100 valence electrons. The lowest BCUT2D eigenvalue weighted by molar-refractivity contribution is 0.177. The molecule has 4 heteroatoms. The molecule has 3 nitrogen and oxygen atoms in total. The Bertz CT molecular complexity index is 403. The van der Waals surface area contributed by atoms with Crippen molar-refractivity contribution < 1.29 is 13.9 Å². The van der Waals surface area contributed by atoms with Gasteiger partial charge in [0.1, 0.15) is 11.6 Å². The van der Waals surface area contributed by atoms with Crippen molar-refractivity contribution in [2.75, 3.05) is 20.8 Å². The standard InChI is InChI=1S/C14H20FNO2/c1-17-9-11-13(18-2)7-6-10(14(11)15)12-5-3-4-8-16-12/h6-7,12,16H,3-5,8-9H2,1-2H3. The molecule has 18 heavy (non-hydrogen) atoms. The number of nitrogens with one attached hydrogen (secondary N) is 1. The predicted octanol–water partition coefficient (Wildman–Crippen LogP) is 2.80. The fraction of sp³-hybridized carbons (Fsp3) is 0.571. The van der Waals surface area contributed by atoms with Crippen LogP contribution in [0.25, 0.3) is 0 Å². The number of benzene rings is 1. The molecular formula is C14H20FNO2. The van der Waals surface area contributed by atoms with E-state index in [0.29, 0.717) is 11.3 Å². The number of ether oxygens (including phenoxy) is 2. The zero-order chi connectivity index (χ0) is 13.0. The largest absolute Gasteiger partial charge is 0.496 e. The van der Waals surface area contributed by atoms with Crippen molar-refractivity contribution >= 4 is 0 Å². The van der Waals surface area contributed by atoms with E-state index in [2.05, 4.69) is 5.32 Å². The van der Waals surface area contributed by atoms with Crippen molar-refractivity contribution in [1.29, 1.82) is 0 Å². The zero-order valence-corrected chi connectivity index (χ0v) is 11.0. The minimum absolute atomic E-state index is 0.111. The average Bonchev–Trinajstić information content (AvgIpc) is 2.42. The fourth-order valence-corrected chi connectivity index (χ4v) is 2.48. The van der Waals surface area contributed by atoms with Gasteiger partial charge in [0.15, 0.2) is 0 Å². The van der Waals surface area contributed by atoms with E-state index >= 15 is 0 Å². The molecule has 0 spiro atoms. The molecule has 0 amide bonds. The number of rotatable bonds is 4.